The van der Waals surface area contributed by atoms with Gasteiger partial charge in [-0.3, -0.25) is 24.4 Å². The largest absolute Gasteiger partial charge is 0.351 e. The van der Waals surface area contributed by atoms with Gasteiger partial charge in [-0.2, -0.15) is 8.61 Å². The van der Waals surface area contributed by atoms with E-state index in [1.54, 1.807) is 71.5 Å². The molecule has 0 spiro atoms. The fraction of sp³-hybridized carbons (Fsp3) is 0.292. The highest BCUT2D eigenvalue weighted by Gasteiger charge is 2.39. The third-order valence-electron chi connectivity index (χ3n) is 10.7. The van der Waals surface area contributed by atoms with Crippen molar-refractivity contribution in [1.82, 2.24) is 29.6 Å². The van der Waals surface area contributed by atoms with Crippen LogP contribution < -0.4 is 16.1 Å². The first-order valence-corrected chi connectivity index (χ1v) is 23.9. The van der Waals surface area contributed by atoms with Crippen molar-refractivity contribution in [3.05, 3.63) is 145 Å². The van der Waals surface area contributed by atoms with Gasteiger partial charge in [-0.1, -0.05) is 119 Å². The van der Waals surface area contributed by atoms with Gasteiger partial charge in [-0.15, -0.1) is 0 Å². The van der Waals surface area contributed by atoms with Crippen LogP contribution in [0, 0.1) is 11.8 Å². The molecule has 0 aliphatic heterocycles. The quantitative estimate of drug-likeness (QED) is 0.0574. The van der Waals surface area contributed by atoms with Gasteiger partial charge in [0.05, 0.1) is 9.79 Å². The second-order valence-corrected chi connectivity index (χ2v) is 20.0. The molecule has 0 heterocycles. The maximum atomic E-state index is 14.3. The van der Waals surface area contributed by atoms with Crippen LogP contribution >= 0.6 is 0 Å². The summed E-state index contributed by atoms with van der Waals surface area (Å²) in [6.45, 7) is 5.72. The zero-order chi connectivity index (χ0) is 47.5. The van der Waals surface area contributed by atoms with Gasteiger partial charge in [0.25, 0.3) is 17.7 Å². The number of likely N-dealkylation sites (N-methyl/N-ethyl adjacent to an activating group) is 1. The molecular formula is C48H56N6O9S2. The van der Waals surface area contributed by atoms with Gasteiger partial charge in [0.1, 0.15) is 12.1 Å². The number of nitrogens with zero attached hydrogens (tertiary/aromatic N) is 3. The number of amides is 4. The summed E-state index contributed by atoms with van der Waals surface area (Å²) in [7, 11) is -5.53. The third kappa shape index (κ3) is 12.1. The van der Waals surface area contributed by atoms with Crippen molar-refractivity contribution in [2.24, 2.45) is 11.8 Å². The molecule has 65 heavy (non-hydrogen) atoms. The summed E-state index contributed by atoms with van der Waals surface area (Å²) in [6, 6.07) is 34.7. The van der Waals surface area contributed by atoms with Crippen LogP contribution in [0.15, 0.2) is 143 Å². The van der Waals surface area contributed by atoms with Gasteiger partial charge in [0, 0.05) is 51.4 Å². The number of carbonyl (C=O) groups is 4. The average molecular weight is 925 g/mol. The third-order valence-corrected chi connectivity index (χ3v) is 14.5. The van der Waals surface area contributed by atoms with E-state index in [2.05, 4.69) is 10.6 Å². The highest BCUT2D eigenvalue weighted by molar-refractivity contribution is 7.89. The summed E-state index contributed by atoms with van der Waals surface area (Å²) in [4.78, 5) is 54.5. The fourth-order valence-electron chi connectivity index (χ4n) is 7.39. The number of hydroxylamine groups is 1. The number of nitrogens with one attached hydrogen (secondary N) is 3. The Labute approximate surface area is 381 Å². The Morgan fingerprint density at radius 2 is 0.892 bits per heavy atom. The number of rotatable bonds is 20. The summed E-state index contributed by atoms with van der Waals surface area (Å²) < 4.78 is 58.8. The molecule has 5 aromatic rings. The van der Waals surface area contributed by atoms with Crippen molar-refractivity contribution < 1.29 is 41.2 Å². The van der Waals surface area contributed by atoms with Crippen molar-refractivity contribution >= 4 is 43.7 Å². The minimum absolute atomic E-state index is 0.0194. The smallest absolute Gasteiger partial charge is 0.262 e. The molecule has 0 aromatic heterocycles. The van der Waals surface area contributed by atoms with Gasteiger partial charge in [0.2, 0.25) is 26.0 Å². The molecule has 0 bridgehead atoms. The number of carbonyl (C=O) groups excluding carboxylic acids is 4. The standard InChI is InChI=1S/C48H56N6O9S2/c1-33(2)43(47(57)51-59)53(64(60,61)41-24-20-37(21-25-41)35-14-9-7-10-15-35)30-28-49-45(55)39-18-13-19-40(32-39)46(56)50-29-31-54(44(34(3)4)48(58)52(5)6)65(62,63)42-26-22-38(23-27-42)36-16-11-8-12-17-36/h7-27,32-34,43-44,59H,28-31H2,1-6H3,(H,49,55)(H,50,56)(H,51,57)/t43-,44-/m1/s1. The van der Waals surface area contributed by atoms with Crippen LogP contribution in [0.25, 0.3) is 22.3 Å². The van der Waals surface area contributed by atoms with E-state index in [0.717, 1.165) is 30.9 Å². The molecule has 5 rings (SSSR count). The SMILES string of the molecule is CC(C)[C@H](C(=O)NO)N(CCNC(=O)c1cccc(C(=O)NCCN([C@@H](C(=O)N(C)C)C(C)C)S(=O)(=O)c2ccc(-c3ccccc3)cc2)c1)S(=O)(=O)c1ccc(-c2ccccc2)cc1. The van der Waals surface area contributed by atoms with Crippen LogP contribution in [0.3, 0.4) is 0 Å². The van der Waals surface area contributed by atoms with E-state index >= 15 is 0 Å². The molecule has 0 radical (unpaired) electrons. The minimum Gasteiger partial charge on any atom is -0.351 e. The first-order chi connectivity index (χ1) is 30.9. The Bertz CT molecular complexity index is 2650. The molecular weight excluding hydrogens is 869 g/mol. The molecule has 344 valence electrons. The lowest BCUT2D eigenvalue weighted by molar-refractivity contribution is -0.135. The van der Waals surface area contributed by atoms with Gasteiger partial charge in [-0.25, -0.2) is 22.3 Å². The number of benzene rings is 5. The first kappa shape index (κ1) is 49.8. The predicted octanol–water partition coefficient (Wildman–Crippen LogP) is 5.50. The Morgan fingerprint density at radius 1 is 0.523 bits per heavy atom. The molecule has 4 N–H and O–H groups in total. The van der Waals surface area contributed by atoms with Gasteiger partial charge in [-0.05, 0) is 76.6 Å². The molecule has 0 saturated heterocycles. The summed E-state index contributed by atoms with van der Waals surface area (Å²) in [6.07, 6.45) is 0. The molecule has 0 unspecified atom stereocenters. The molecule has 4 amide bonds. The highest BCUT2D eigenvalue weighted by atomic mass is 32.2. The maximum Gasteiger partial charge on any atom is 0.262 e. The molecule has 0 aliphatic rings. The van der Waals surface area contributed by atoms with Crippen LogP contribution in [-0.2, 0) is 29.6 Å². The van der Waals surface area contributed by atoms with Gasteiger partial charge < -0.3 is 15.5 Å². The normalized spacial score (nSPS) is 12.8. The molecule has 0 fully saturated rings. The first-order valence-electron chi connectivity index (χ1n) is 21.0. The lowest BCUT2D eigenvalue weighted by Crippen LogP contribution is -2.53. The molecule has 0 aliphatic carbocycles. The highest BCUT2D eigenvalue weighted by Crippen LogP contribution is 2.28. The van der Waals surface area contributed by atoms with E-state index in [4.69, 9.17) is 0 Å². The van der Waals surface area contributed by atoms with Crippen molar-refractivity contribution in [2.75, 3.05) is 40.3 Å². The van der Waals surface area contributed by atoms with E-state index in [9.17, 15) is 41.2 Å². The molecule has 15 nitrogen and oxygen atoms in total. The van der Waals surface area contributed by atoms with Crippen LogP contribution in [0.4, 0.5) is 0 Å². The summed E-state index contributed by atoms with van der Waals surface area (Å²) in [5.41, 5.74) is 5.09. The molecule has 5 aromatic carbocycles. The van der Waals surface area contributed by atoms with Crippen molar-refractivity contribution in [1.29, 1.82) is 0 Å². The van der Waals surface area contributed by atoms with Crippen molar-refractivity contribution in [3.8, 4) is 22.3 Å². The summed E-state index contributed by atoms with van der Waals surface area (Å²) >= 11 is 0. The van der Waals surface area contributed by atoms with E-state index in [-0.39, 0.29) is 47.1 Å². The molecule has 17 heteroatoms. The topological polar surface area (TPSA) is 203 Å². The summed E-state index contributed by atoms with van der Waals surface area (Å²) in [5.74, 6) is -3.66. The molecule has 0 saturated carbocycles. The Morgan fingerprint density at radius 3 is 1.25 bits per heavy atom. The zero-order valence-electron chi connectivity index (χ0n) is 37.2. The molecule has 2 atom stereocenters. The maximum absolute atomic E-state index is 14.3. The minimum atomic E-state index is -4.36. The number of hydrogen-bond acceptors (Lipinski definition) is 9. The predicted molar refractivity (Wildman–Crippen MR) is 249 cm³/mol. The zero-order valence-corrected chi connectivity index (χ0v) is 38.8. The average Bonchev–Trinajstić information content (AvgIpc) is 3.30. The van der Waals surface area contributed by atoms with E-state index < -0.39 is 67.6 Å². The number of sulfonamides is 2. The van der Waals surface area contributed by atoms with Gasteiger partial charge >= 0.3 is 0 Å². The van der Waals surface area contributed by atoms with Crippen LogP contribution in [0.5, 0.6) is 0 Å². The monoisotopic (exact) mass is 924 g/mol. The van der Waals surface area contributed by atoms with Crippen LogP contribution in [-0.4, -0.2) is 112 Å². The second kappa shape index (κ2) is 22.1. The fourth-order valence-corrected chi connectivity index (χ4v) is 10.8. The Balaban J connectivity index is 1.29. The van der Waals surface area contributed by atoms with Crippen molar-refractivity contribution in [2.45, 2.75) is 49.6 Å². The van der Waals surface area contributed by atoms with Gasteiger partial charge in [0.15, 0.2) is 0 Å². The Kier molecular flexibility index (Phi) is 16.9. The Hall–Kier alpha value is -6.24. The van der Waals surface area contributed by atoms with E-state index in [1.165, 1.54) is 53.4 Å². The van der Waals surface area contributed by atoms with Crippen LogP contribution in [0.1, 0.15) is 48.4 Å². The lowest BCUT2D eigenvalue weighted by Gasteiger charge is -2.34. The lowest BCUT2D eigenvalue weighted by atomic mass is 10.0. The van der Waals surface area contributed by atoms with Crippen molar-refractivity contribution in [3.63, 3.8) is 0 Å². The number of hydrogen-bond donors (Lipinski definition) is 4. The van der Waals surface area contributed by atoms with E-state index in [1.807, 2.05) is 60.7 Å². The second-order valence-electron chi connectivity index (χ2n) is 16.2. The van der Waals surface area contributed by atoms with Crippen LogP contribution in [0.2, 0.25) is 0 Å². The van der Waals surface area contributed by atoms with E-state index in [0.29, 0.717) is 0 Å². The summed E-state index contributed by atoms with van der Waals surface area (Å²) in [5, 5.41) is 14.9.